The third-order valence-corrected chi connectivity index (χ3v) is 6.12. The highest BCUT2D eigenvalue weighted by Gasteiger charge is 2.28. The summed E-state index contributed by atoms with van der Waals surface area (Å²) in [6.07, 6.45) is 11.2. The molecule has 2 heteroatoms. The van der Waals surface area contributed by atoms with E-state index in [0.29, 0.717) is 11.8 Å². The fraction of sp³-hybridized carbons (Fsp3) is 0.360. The highest BCUT2D eigenvalue weighted by molar-refractivity contribution is 9.10. The Hall–Kier alpha value is -1.80. The molecule has 0 radical (unpaired) electrons. The Balaban J connectivity index is 1.80. The van der Waals surface area contributed by atoms with E-state index in [9.17, 15) is 0 Å². The van der Waals surface area contributed by atoms with Crippen molar-refractivity contribution in [3.05, 3.63) is 83.4 Å². The van der Waals surface area contributed by atoms with E-state index in [0.717, 1.165) is 22.2 Å². The zero-order valence-corrected chi connectivity index (χ0v) is 17.5. The normalized spacial score (nSPS) is 21.1. The molecule has 3 rings (SSSR count). The third-order valence-electron chi connectivity index (χ3n) is 5.63. The first-order valence-electron chi connectivity index (χ1n) is 9.95. The lowest BCUT2D eigenvalue weighted by molar-refractivity contribution is 0.122. The largest absolute Gasteiger partial charge is 0.489 e. The van der Waals surface area contributed by atoms with Gasteiger partial charge in [0.05, 0.1) is 0 Å². The maximum atomic E-state index is 6.55. The molecule has 1 aliphatic rings. The molecule has 27 heavy (non-hydrogen) atoms. The number of halogens is 1. The van der Waals surface area contributed by atoms with E-state index in [1.807, 2.05) is 24.3 Å². The van der Waals surface area contributed by atoms with Gasteiger partial charge in [-0.05, 0) is 54.9 Å². The van der Waals surface area contributed by atoms with Gasteiger partial charge in [0.2, 0.25) is 0 Å². The number of rotatable bonds is 7. The molecule has 1 fully saturated rings. The Morgan fingerprint density at radius 3 is 2.59 bits per heavy atom. The molecule has 1 aliphatic carbocycles. The summed E-state index contributed by atoms with van der Waals surface area (Å²) in [4.78, 5) is 0. The van der Waals surface area contributed by atoms with Gasteiger partial charge in [0, 0.05) is 16.5 Å². The molecule has 0 heterocycles. The Kier molecular flexibility index (Phi) is 7.34. The summed E-state index contributed by atoms with van der Waals surface area (Å²) < 4.78 is 7.59. The summed E-state index contributed by atoms with van der Waals surface area (Å²) in [5, 5.41) is 0. The van der Waals surface area contributed by atoms with Crippen LogP contribution in [0.3, 0.4) is 0 Å². The molecular formula is C25H29BrO. The molecule has 0 saturated heterocycles. The fourth-order valence-electron chi connectivity index (χ4n) is 4.21. The minimum absolute atomic E-state index is 0.159. The molecule has 2 aromatic carbocycles. The summed E-state index contributed by atoms with van der Waals surface area (Å²) in [6, 6.07) is 17.1. The minimum Gasteiger partial charge on any atom is -0.489 e. The molecule has 0 amide bonds. The molecule has 3 atom stereocenters. The van der Waals surface area contributed by atoms with E-state index in [1.54, 1.807) is 0 Å². The maximum Gasteiger partial charge on any atom is 0.127 e. The first kappa shape index (κ1) is 19.9. The zero-order chi connectivity index (χ0) is 19.1. The van der Waals surface area contributed by atoms with Gasteiger partial charge in [0.1, 0.15) is 11.9 Å². The van der Waals surface area contributed by atoms with E-state index >= 15 is 0 Å². The first-order chi connectivity index (χ1) is 13.2. The van der Waals surface area contributed by atoms with Gasteiger partial charge in [0.25, 0.3) is 0 Å². The lowest BCUT2D eigenvalue weighted by Gasteiger charge is -2.29. The Morgan fingerprint density at radius 2 is 1.85 bits per heavy atom. The van der Waals surface area contributed by atoms with E-state index in [-0.39, 0.29) is 6.10 Å². The van der Waals surface area contributed by atoms with Crippen LogP contribution in [0.1, 0.15) is 55.6 Å². The van der Waals surface area contributed by atoms with Gasteiger partial charge in [0.15, 0.2) is 0 Å². The molecule has 0 bridgehead atoms. The van der Waals surface area contributed by atoms with Gasteiger partial charge in [-0.1, -0.05) is 77.8 Å². The molecule has 3 unspecified atom stereocenters. The van der Waals surface area contributed by atoms with Crippen molar-refractivity contribution >= 4 is 22.0 Å². The number of ether oxygens (including phenoxy) is 1. The van der Waals surface area contributed by atoms with Gasteiger partial charge in [-0.15, -0.1) is 6.58 Å². The molecule has 0 spiro atoms. The van der Waals surface area contributed by atoms with Crippen LogP contribution in [0.25, 0.3) is 6.08 Å². The van der Waals surface area contributed by atoms with Crippen molar-refractivity contribution in [2.45, 2.75) is 50.5 Å². The number of hydrogen-bond donors (Lipinski definition) is 0. The van der Waals surface area contributed by atoms with Crippen LogP contribution in [0.15, 0.2) is 72.2 Å². The molecule has 2 aromatic rings. The molecule has 0 aromatic heterocycles. The minimum atomic E-state index is 0.159. The average Bonchev–Trinajstić information content (AvgIpc) is 2.96. The van der Waals surface area contributed by atoms with E-state index in [1.165, 1.54) is 37.7 Å². The first-order valence-corrected chi connectivity index (χ1v) is 10.7. The smallest absolute Gasteiger partial charge is 0.127 e. The zero-order valence-electron chi connectivity index (χ0n) is 15.9. The summed E-state index contributed by atoms with van der Waals surface area (Å²) in [6.45, 7) is 7.93. The molecular weight excluding hydrogens is 396 g/mol. The monoisotopic (exact) mass is 424 g/mol. The quantitative estimate of drug-likeness (QED) is 0.325. The molecule has 1 saturated carbocycles. The summed E-state index contributed by atoms with van der Waals surface area (Å²) in [5.41, 5.74) is 2.50. The maximum absolute atomic E-state index is 6.55. The predicted octanol–water partition coefficient (Wildman–Crippen LogP) is 7.78. The fourth-order valence-corrected chi connectivity index (χ4v) is 4.59. The second kappa shape index (κ2) is 9.94. The van der Waals surface area contributed by atoms with Crippen LogP contribution >= 0.6 is 15.9 Å². The topological polar surface area (TPSA) is 9.23 Å². The van der Waals surface area contributed by atoms with Crippen LogP contribution in [-0.2, 0) is 0 Å². The number of benzene rings is 2. The van der Waals surface area contributed by atoms with Crippen molar-refractivity contribution < 1.29 is 4.74 Å². The predicted molar refractivity (Wildman–Crippen MR) is 119 cm³/mol. The Bertz CT molecular complexity index is 752. The van der Waals surface area contributed by atoms with Crippen molar-refractivity contribution in [3.63, 3.8) is 0 Å². The van der Waals surface area contributed by atoms with Crippen LogP contribution in [-0.4, -0.2) is 6.10 Å². The van der Waals surface area contributed by atoms with Crippen LogP contribution in [0.5, 0.6) is 5.75 Å². The standard InChI is InChI=1S/C25H29BrO/c1-3-10-24(27-25-16-15-23(26)18-19(25)4-2)22-14-9-8-13-21(17-22)20-11-6-5-7-12-20/h3-7,11-12,15-16,18,21-22,24H,1-2,8-10,13-14,17H2. The molecule has 1 nitrogen and oxygen atoms in total. The van der Waals surface area contributed by atoms with Crippen LogP contribution in [0.2, 0.25) is 0 Å². The second-order valence-corrected chi connectivity index (χ2v) is 8.37. The van der Waals surface area contributed by atoms with E-state index in [2.05, 4.69) is 65.5 Å². The Morgan fingerprint density at radius 1 is 1.07 bits per heavy atom. The van der Waals surface area contributed by atoms with Crippen molar-refractivity contribution in [3.8, 4) is 5.75 Å². The van der Waals surface area contributed by atoms with Crippen LogP contribution in [0.4, 0.5) is 0 Å². The lowest BCUT2D eigenvalue weighted by atomic mass is 9.84. The highest BCUT2D eigenvalue weighted by atomic mass is 79.9. The second-order valence-electron chi connectivity index (χ2n) is 7.45. The van der Waals surface area contributed by atoms with Gasteiger partial charge < -0.3 is 4.74 Å². The molecule has 0 N–H and O–H groups in total. The SMILES string of the molecule is C=CCC(Oc1ccc(Br)cc1C=C)C1CCCCC(c2ccccc2)C1. The molecule has 0 aliphatic heterocycles. The number of hydrogen-bond acceptors (Lipinski definition) is 1. The van der Waals surface area contributed by atoms with Gasteiger partial charge in [-0.2, -0.15) is 0 Å². The van der Waals surface area contributed by atoms with Gasteiger partial charge in [-0.25, -0.2) is 0 Å². The van der Waals surface area contributed by atoms with Crippen molar-refractivity contribution in [1.29, 1.82) is 0 Å². The summed E-state index contributed by atoms with van der Waals surface area (Å²) in [5.74, 6) is 2.08. The van der Waals surface area contributed by atoms with Gasteiger partial charge >= 0.3 is 0 Å². The molecule has 142 valence electrons. The van der Waals surface area contributed by atoms with Gasteiger partial charge in [-0.3, -0.25) is 0 Å². The third kappa shape index (κ3) is 5.35. The Labute approximate surface area is 172 Å². The van der Waals surface area contributed by atoms with Crippen LogP contribution in [0, 0.1) is 5.92 Å². The highest BCUT2D eigenvalue weighted by Crippen LogP contribution is 2.38. The summed E-state index contributed by atoms with van der Waals surface area (Å²) in [7, 11) is 0. The summed E-state index contributed by atoms with van der Waals surface area (Å²) >= 11 is 3.54. The van der Waals surface area contributed by atoms with E-state index < -0.39 is 0 Å². The van der Waals surface area contributed by atoms with Crippen molar-refractivity contribution in [1.82, 2.24) is 0 Å². The average molecular weight is 425 g/mol. The van der Waals surface area contributed by atoms with Crippen molar-refractivity contribution in [2.75, 3.05) is 0 Å². The van der Waals surface area contributed by atoms with Crippen molar-refractivity contribution in [2.24, 2.45) is 5.92 Å². The van der Waals surface area contributed by atoms with E-state index in [4.69, 9.17) is 4.74 Å². The van der Waals surface area contributed by atoms with Crippen LogP contribution < -0.4 is 4.74 Å². The lowest BCUT2D eigenvalue weighted by Crippen LogP contribution is -2.27.